The van der Waals surface area contributed by atoms with E-state index in [4.69, 9.17) is 4.42 Å². The van der Waals surface area contributed by atoms with Crippen molar-refractivity contribution in [3.8, 4) is 0 Å². The highest BCUT2D eigenvalue weighted by atomic mass is 32.1. The van der Waals surface area contributed by atoms with Gasteiger partial charge in [0.15, 0.2) is 5.43 Å². The van der Waals surface area contributed by atoms with E-state index in [1.807, 2.05) is 13.0 Å². The molecule has 2 heterocycles. The Kier molecular flexibility index (Phi) is 5.81. The molecule has 1 N–H and O–H groups in total. The van der Waals surface area contributed by atoms with Gasteiger partial charge in [-0.2, -0.15) is 0 Å². The van der Waals surface area contributed by atoms with Crippen molar-refractivity contribution in [3.63, 3.8) is 0 Å². The van der Waals surface area contributed by atoms with Gasteiger partial charge in [0.1, 0.15) is 16.9 Å². The van der Waals surface area contributed by atoms with E-state index in [0.29, 0.717) is 27.6 Å². The molecule has 3 aromatic rings. The van der Waals surface area contributed by atoms with Crippen LogP contribution in [-0.4, -0.2) is 16.1 Å². The summed E-state index contributed by atoms with van der Waals surface area (Å²) >= 11 is 1.38. The third-order valence-electron chi connectivity index (χ3n) is 4.37. The molecule has 1 aromatic carbocycles. The van der Waals surface area contributed by atoms with Crippen molar-refractivity contribution in [3.05, 3.63) is 56.9 Å². The Morgan fingerprint density at radius 1 is 1.30 bits per heavy atom. The first kappa shape index (κ1) is 19.0. The number of fused-ring (bicyclic) bond motifs is 1. The fourth-order valence-corrected chi connectivity index (χ4v) is 3.79. The molecule has 0 aliphatic rings. The van der Waals surface area contributed by atoms with Gasteiger partial charge in [-0.1, -0.05) is 36.8 Å². The molecule has 2 aromatic heterocycles. The molecule has 0 unspecified atom stereocenters. The fraction of sp³-hybridized carbons (Fsp3) is 0.300. The minimum Gasteiger partial charge on any atom is -0.463 e. The molecule has 0 fully saturated rings. The molecule has 27 heavy (non-hydrogen) atoms. The molecular formula is C20H21N3O3S. The molecule has 6 nitrogen and oxygen atoms in total. The summed E-state index contributed by atoms with van der Waals surface area (Å²) in [5.74, 6) is -0.0135. The Hall–Kier alpha value is -2.80. The molecule has 0 aliphatic carbocycles. The van der Waals surface area contributed by atoms with E-state index < -0.39 is 0 Å². The van der Waals surface area contributed by atoms with E-state index in [-0.39, 0.29) is 11.3 Å². The average Bonchev–Trinajstić information content (AvgIpc) is 3.11. The van der Waals surface area contributed by atoms with Crippen LogP contribution in [0.3, 0.4) is 0 Å². The van der Waals surface area contributed by atoms with Crippen LogP contribution in [0.15, 0.2) is 39.7 Å². The zero-order valence-corrected chi connectivity index (χ0v) is 16.3. The molecule has 0 aliphatic heterocycles. The number of hydrogen-bond donors (Lipinski definition) is 1. The number of anilines is 1. The first-order valence-corrected chi connectivity index (χ1v) is 9.68. The van der Waals surface area contributed by atoms with E-state index in [1.165, 1.54) is 29.8 Å². The zero-order chi connectivity index (χ0) is 19.4. The second kappa shape index (κ2) is 8.26. The topological polar surface area (TPSA) is 85.1 Å². The van der Waals surface area contributed by atoms with Crippen LogP contribution in [0, 0.1) is 6.92 Å². The number of nitrogens with one attached hydrogen (secondary N) is 1. The summed E-state index contributed by atoms with van der Waals surface area (Å²) in [6.45, 7) is 6.12. The summed E-state index contributed by atoms with van der Waals surface area (Å²) in [5, 5.41) is 12.7. The quantitative estimate of drug-likeness (QED) is 0.633. The lowest BCUT2D eigenvalue weighted by molar-refractivity contribution is -0.111. The molecule has 0 atom stereocenters. The van der Waals surface area contributed by atoms with Gasteiger partial charge in [-0.15, -0.1) is 10.2 Å². The molecular weight excluding hydrogens is 362 g/mol. The predicted molar refractivity (Wildman–Crippen MR) is 108 cm³/mol. The van der Waals surface area contributed by atoms with Crippen molar-refractivity contribution >= 4 is 39.4 Å². The molecule has 0 radical (unpaired) electrons. The number of carbonyl (C=O) groups excluding carboxylic acids is 1. The molecule has 140 valence electrons. The van der Waals surface area contributed by atoms with E-state index in [9.17, 15) is 9.59 Å². The van der Waals surface area contributed by atoms with Crippen LogP contribution >= 0.6 is 11.3 Å². The summed E-state index contributed by atoms with van der Waals surface area (Å²) in [7, 11) is 0. The van der Waals surface area contributed by atoms with Crippen LogP contribution in [0.5, 0.6) is 0 Å². The first-order valence-electron chi connectivity index (χ1n) is 8.86. The lowest BCUT2D eigenvalue weighted by Crippen LogP contribution is -2.09. The number of rotatable bonds is 6. The summed E-state index contributed by atoms with van der Waals surface area (Å²) in [4.78, 5) is 24.7. The van der Waals surface area contributed by atoms with E-state index in [0.717, 1.165) is 23.4 Å². The highest BCUT2D eigenvalue weighted by Gasteiger charge is 2.14. The smallest absolute Gasteiger partial charge is 0.250 e. The average molecular weight is 383 g/mol. The number of benzene rings is 1. The monoisotopic (exact) mass is 383 g/mol. The van der Waals surface area contributed by atoms with Gasteiger partial charge >= 0.3 is 0 Å². The number of amides is 1. The maximum Gasteiger partial charge on any atom is 0.250 e. The highest BCUT2D eigenvalue weighted by Crippen LogP contribution is 2.28. The van der Waals surface area contributed by atoms with Gasteiger partial charge in [-0.25, -0.2) is 0 Å². The molecule has 0 saturated heterocycles. The highest BCUT2D eigenvalue weighted by molar-refractivity contribution is 7.15. The fourth-order valence-electron chi connectivity index (χ4n) is 2.78. The largest absolute Gasteiger partial charge is 0.463 e. The van der Waals surface area contributed by atoms with E-state index in [1.54, 1.807) is 12.1 Å². The summed E-state index contributed by atoms with van der Waals surface area (Å²) in [6, 6.07) is 5.42. The van der Waals surface area contributed by atoms with Crippen LogP contribution < -0.4 is 10.7 Å². The Labute approximate surface area is 160 Å². The normalized spacial score (nSPS) is 11.6. The van der Waals surface area contributed by atoms with Crippen LogP contribution in [0.4, 0.5) is 5.13 Å². The van der Waals surface area contributed by atoms with Crippen LogP contribution in [0.1, 0.15) is 48.7 Å². The Morgan fingerprint density at radius 2 is 2.07 bits per heavy atom. The van der Waals surface area contributed by atoms with Gasteiger partial charge in [0.05, 0.1) is 10.9 Å². The number of carbonyl (C=O) groups is 1. The maximum atomic E-state index is 12.5. The predicted octanol–water partition coefficient (Wildman–Crippen LogP) is 4.51. The SMILES string of the molecule is CCC(CC)c1nnc(NC(=O)/C=C/c2coc3ccc(C)cc3c2=O)s1. The van der Waals surface area contributed by atoms with Crippen molar-refractivity contribution in [2.75, 3.05) is 5.32 Å². The summed E-state index contributed by atoms with van der Waals surface area (Å²) < 4.78 is 5.48. The Balaban J connectivity index is 1.74. The first-order chi connectivity index (χ1) is 13.0. The van der Waals surface area contributed by atoms with Crippen molar-refractivity contribution < 1.29 is 9.21 Å². The summed E-state index contributed by atoms with van der Waals surface area (Å²) in [5.41, 5.74) is 1.64. The van der Waals surface area contributed by atoms with Crippen LogP contribution in [0.2, 0.25) is 0 Å². The standard InChI is InChI=1S/C20H21N3O3S/c1-4-13(5-2)19-22-23-20(27-19)21-17(24)9-7-14-11-26-16-8-6-12(3)10-15(16)18(14)25/h6-11,13H,4-5H2,1-3H3,(H,21,23,24)/b9-7+. The molecule has 1 amide bonds. The van der Waals surface area contributed by atoms with Crippen molar-refractivity contribution in [1.82, 2.24) is 10.2 Å². The Morgan fingerprint density at radius 3 is 2.81 bits per heavy atom. The molecule has 0 spiro atoms. The van der Waals surface area contributed by atoms with Gasteiger partial charge < -0.3 is 4.42 Å². The lowest BCUT2D eigenvalue weighted by atomic mass is 10.1. The van der Waals surface area contributed by atoms with E-state index >= 15 is 0 Å². The minimum absolute atomic E-state index is 0.170. The number of aromatic nitrogens is 2. The summed E-state index contributed by atoms with van der Waals surface area (Å²) in [6.07, 6.45) is 6.07. The molecule has 0 bridgehead atoms. The zero-order valence-electron chi connectivity index (χ0n) is 15.5. The van der Waals surface area contributed by atoms with Crippen molar-refractivity contribution in [1.29, 1.82) is 0 Å². The van der Waals surface area contributed by atoms with Gasteiger partial charge in [-0.3, -0.25) is 14.9 Å². The number of aryl methyl sites for hydroxylation is 1. The molecule has 7 heteroatoms. The maximum absolute atomic E-state index is 12.5. The second-order valence-electron chi connectivity index (χ2n) is 6.30. The van der Waals surface area contributed by atoms with Crippen molar-refractivity contribution in [2.45, 2.75) is 39.5 Å². The van der Waals surface area contributed by atoms with Crippen LogP contribution in [-0.2, 0) is 4.79 Å². The third-order valence-corrected chi connectivity index (χ3v) is 5.38. The third kappa shape index (κ3) is 4.31. The van der Waals surface area contributed by atoms with Gasteiger partial charge in [0.2, 0.25) is 11.0 Å². The van der Waals surface area contributed by atoms with Gasteiger partial charge in [0, 0.05) is 12.0 Å². The second-order valence-corrected chi connectivity index (χ2v) is 7.31. The number of nitrogens with zero attached hydrogens (tertiary/aromatic N) is 2. The van der Waals surface area contributed by atoms with E-state index in [2.05, 4.69) is 29.4 Å². The molecule has 0 saturated carbocycles. The number of hydrogen-bond acceptors (Lipinski definition) is 6. The lowest BCUT2D eigenvalue weighted by Gasteiger charge is -2.05. The molecule has 3 rings (SSSR count). The Bertz CT molecular complexity index is 1050. The van der Waals surface area contributed by atoms with Crippen LogP contribution in [0.25, 0.3) is 17.0 Å². The van der Waals surface area contributed by atoms with Crippen molar-refractivity contribution in [2.24, 2.45) is 0 Å². The van der Waals surface area contributed by atoms with Gasteiger partial charge in [-0.05, 0) is 38.0 Å². The van der Waals surface area contributed by atoms with Gasteiger partial charge in [0.25, 0.3) is 0 Å². The minimum atomic E-state index is -0.369.